The van der Waals surface area contributed by atoms with E-state index >= 15 is 0 Å². The minimum absolute atomic E-state index is 0.00628. The Morgan fingerprint density at radius 1 is 1.35 bits per heavy atom. The Balaban J connectivity index is 1.62. The lowest BCUT2D eigenvalue weighted by Gasteiger charge is -2.27. The molecule has 0 aromatic carbocycles. The molecule has 0 aliphatic carbocycles. The maximum absolute atomic E-state index is 12.8. The summed E-state index contributed by atoms with van der Waals surface area (Å²) in [6.07, 6.45) is 6.35. The van der Waals surface area contributed by atoms with E-state index < -0.39 is 0 Å². The van der Waals surface area contributed by atoms with E-state index in [9.17, 15) is 9.59 Å². The van der Waals surface area contributed by atoms with Gasteiger partial charge in [0.2, 0.25) is 5.56 Å². The lowest BCUT2D eigenvalue weighted by Crippen LogP contribution is -2.35. The van der Waals surface area contributed by atoms with Crippen molar-refractivity contribution in [3.63, 3.8) is 0 Å². The van der Waals surface area contributed by atoms with Gasteiger partial charge >= 0.3 is 0 Å². The zero-order valence-corrected chi connectivity index (χ0v) is 15.4. The van der Waals surface area contributed by atoms with Crippen LogP contribution in [-0.4, -0.2) is 51.9 Å². The third-order valence-corrected chi connectivity index (χ3v) is 5.11. The Kier molecular flexibility index (Phi) is 5.83. The van der Waals surface area contributed by atoms with Crippen LogP contribution in [0.3, 0.4) is 0 Å². The number of amides is 1. The topological polar surface area (TPSA) is 69.3 Å². The minimum atomic E-state index is -0.175. The van der Waals surface area contributed by atoms with Crippen LogP contribution in [0, 0.1) is 6.92 Å². The average molecular weight is 354 g/mol. The molecule has 1 aliphatic rings. The summed E-state index contributed by atoms with van der Waals surface area (Å²) >= 11 is 0. The smallest absolute Gasteiger partial charge is 0.255 e. The van der Waals surface area contributed by atoms with E-state index in [2.05, 4.69) is 21.9 Å². The molecule has 0 saturated carbocycles. The van der Waals surface area contributed by atoms with E-state index in [4.69, 9.17) is 0 Å². The number of rotatable bonds is 4. The summed E-state index contributed by atoms with van der Waals surface area (Å²) in [6.45, 7) is 4.11. The summed E-state index contributed by atoms with van der Waals surface area (Å²) in [4.78, 5) is 35.5. The molecule has 1 saturated heterocycles. The first kappa shape index (κ1) is 18.3. The van der Waals surface area contributed by atoms with Crippen molar-refractivity contribution in [1.82, 2.24) is 19.8 Å². The van der Waals surface area contributed by atoms with Gasteiger partial charge in [-0.2, -0.15) is 0 Å². The van der Waals surface area contributed by atoms with Gasteiger partial charge in [0, 0.05) is 44.1 Å². The fourth-order valence-corrected chi connectivity index (χ4v) is 3.57. The molecule has 1 aliphatic heterocycles. The Morgan fingerprint density at radius 3 is 2.92 bits per heavy atom. The number of aryl methyl sites for hydroxylation is 1. The van der Waals surface area contributed by atoms with Gasteiger partial charge in [-0.1, -0.05) is 6.07 Å². The molecular weight excluding hydrogens is 328 g/mol. The van der Waals surface area contributed by atoms with Crippen molar-refractivity contribution in [3.8, 4) is 0 Å². The molecule has 3 heterocycles. The van der Waals surface area contributed by atoms with E-state index in [-0.39, 0.29) is 11.5 Å². The van der Waals surface area contributed by atoms with Crippen LogP contribution in [0.25, 0.3) is 0 Å². The van der Waals surface area contributed by atoms with Crippen molar-refractivity contribution in [2.45, 2.75) is 38.8 Å². The first-order valence-electron chi connectivity index (χ1n) is 9.13. The number of hydrogen-bond donors (Lipinski definition) is 1. The Labute approximate surface area is 153 Å². The summed E-state index contributed by atoms with van der Waals surface area (Å²) in [5.74, 6) is 0.00628. The van der Waals surface area contributed by atoms with Gasteiger partial charge in [-0.3, -0.25) is 19.5 Å². The van der Waals surface area contributed by atoms with Crippen LogP contribution < -0.4 is 5.56 Å². The number of hydrogen-bond acceptors (Lipinski definition) is 4. The first-order chi connectivity index (χ1) is 12.5. The second-order valence-electron chi connectivity index (χ2n) is 7.01. The summed E-state index contributed by atoms with van der Waals surface area (Å²) in [7, 11) is 2.13. The average Bonchev–Trinajstić information content (AvgIpc) is 2.88. The van der Waals surface area contributed by atoms with E-state index in [1.54, 1.807) is 0 Å². The normalized spacial score (nSPS) is 18.0. The molecule has 0 spiro atoms. The number of nitrogens with one attached hydrogen (secondary N) is 1. The molecule has 6 heteroatoms. The third-order valence-electron chi connectivity index (χ3n) is 5.11. The van der Waals surface area contributed by atoms with Crippen LogP contribution in [0.1, 0.15) is 40.9 Å². The predicted octanol–water partition coefficient (Wildman–Crippen LogP) is 2.21. The van der Waals surface area contributed by atoms with E-state index in [0.29, 0.717) is 11.6 Å². The lowest BCUT2D eigenvalue weighted by molar-refractivity contribution is 0.0756. The molecule has 26 heavy (non-hydrogen) atoms. The molecule has 2 aromatic rings. The summed E-state index contributed by atoms with van der Waals surface area (Å²) in [5.41, 5.74) is 2.21. The van der Waals surface area contributed by atoms with Crippen molar-refractivity contribution in [2.75, 3.05) is 20.1 Å². The van der Waals surface area contributed by atoms with Crippen molar-refractivity contribution in [1.29, 1.82) is 0 Å². The molecule has 1 unspecified atom stereocenters. The standard InChI is InChI=1S/C20H26N4O2/c1-15-12-19(25)22-13-18(15)20(26)24-10-5-7-17(8-11-24)23(2)14-16-6-3-4-9-21-16/h3-4,6,9,12-13,17H,5,7-8,10-11,14H2,1-2H3,(H,22,25). The molecule has 1 amide bonds. The molecular formula is C20H26N4O2. The van der Waals surface area contributed by atoms with E-state index in [0.717, 1.165) is 50.2 Å². The molecule has 6 nitrogen and oxygen atoms in total. The quantitative estimate of drug-likeness (QED) is 0.914. The molecule has 0 radical (unpaired) electrons. The van der Waals surface area contributed by atoms with E-state index in [1.807, 2.05) is 36.2 Å². The number of pyridine rings is 2. The number of nitrogens with zero attached hydrogens (tertiary/aromatic N) is 3. The Morgan fingerprint density at radius 2 is 2.19 bits per heavy atom. The zero-order valence-electron chi connectivity index (χ0n) is 15.4. The Bertz CT molecular complexity index is 803. The number of H-pyrrole nitrogens is 1. The van der Waals surface area contributed by atoms with Gasteiger partial charge in [0.25, 0.3) is 5.91 Å². The van der Waals surface area contributed by atoms with Gasteiger partial charge in [0.1, 0.15) is 0 Å². The number of carbonyl (C=O) groups excluding carboxylic acids is 1. The van der Waals surface area contributed by atoms with Crippen LogP contribution in [-0.2, 0) is 6.54 Å². The second-order valence-corrected chi connectivity index (χ2v) is 7.01. The van der Waals surface area contributed by atoms with Crippen LogP contribution in [0.4, 0.5) is 0 Å². The highest BCUT2D eigenvalue weighted by Crippen LogP contribution is 2.19. The van der Waals surface area contributed by atoms with Gasteiger partial charge in [-0.25, -0.2) is 0 Å². The summed E-state index contributed by atoms with van der Waals surface area (Å²) in [5, 5.41) is 0. The number of aromatic amines is 1. The Hall–Kier alpha value is -2.47. The van der Waals surface area contributed by atoms with Gasteiger partial charge in [0.05, 0.1) is 11.3 Å². The second kappa shape index (κ2) is 8.27. The van der Waals surface area contributed by atoms with Gasteiger partial charge in [-0.05, 0) is 50.9 Å². The van der Waals surface area contributed by atoms with Crippen LogP contribution in [0.15, 0.2) is 41.5 Å². The number of carbonyl (C=O) groups is 1. The minimum Gasteiger partial charge on any atom is -0.339 e. The maximum atomic E-state index is 12.8. The van der Waals surface area contributed by atoms with Gasteiger partial charge in [-0.15, -0.1) is 0 Å². The third kappa shape index (κ3) is 4.38. The zero-order chi connectivity index (χ0) is 18.5. The SMILES string of the molecule is Cc1cc(=O)[nH]cc1C(=O)N1CCCC(N(C)Cc2ccccn2)CC1. The highest BCUT2D eigenvalue weighted by atomic mass is 16.2. The number of aromatic nitrogens is 2. The van der Waals surface area contributed by atoms with Crippen molar-refractivity contribution < 1.29 is 4.79 Å². The summed E-state index contributed by atoms with van der Waals surface area (Å²) < 4.78 is 0. The van der Waals surface area contributed by atoms with Gasteiger partial charge in [0.15, 0.2) is 0 Å². The highest BCUT2D eigenvalue weighted by Gasteiger charge is 2.24. The summed E-state index contributed by atoms with van der Waals surface area (Å²) in [6, 6.07) is 7.90. The van der Waals surface area contributed by atoms with Crippen molar-refractivity contribution in [3.05, 3.63) is 63.8 Å². The molecule has 3 rings (SSSR count). The molecule has 1 atom stereocenters. The van der Waals surface area contributed by atoms with Crippen molar-refractivity contribution >= 4 is 5.91 Å². The largest absolute Gasteiger partial charge is 0.339 e. The monoisotopic (exact) mass is 354 g/mol. The van der Waals surface area contributed by atoms with E-state index in [1.165, 1.54) is 12.3 Å². The van der Waals surface area contributed by atoms with Crippen LogP contribution in [0.5, 0.6) is 0 Å². The van der Waals surface area contributed by atoms with Crippen molar-refractivity contribution in [2.24, 2.45) is 0 Å². The molecule has 138 valence electrons. The number of likely N-dealkylation sites (tertiary alicyclic amines) is 1. The highest BCUT2D eigenvalue weighted by molar-refractivity contribution is 5.95. The predicted molar refractivity (Wildman–Crippen MR) is 101 cm³/mol. The van der Waals surface area contributed by atoms with Crippen LogP contribution in [0.2, 0.25) is 0 Å². The fourth-order valence-electron chi connectivity index (χ4n) is 3.57. The van der Waals surface area contributed by atoms with Crippen LogP contribution >= 0.6 is 0 Å². The molecule has 1 fully saturated rings. The fraction of sp³-hybridized carbons (Fsp3) is 0.450. The maximum Gasteiger partial charge on any atom is 0.255 e. The molecule has 1 N–H and O–H groups in total. The van der Waals surface area contributed by atoms with Gasteiger partial charge < -0.3 is 9.88 Å². The first-order valence-corrected chi connectivity index (χ1v) is 9.13. The molecule has 2 aromatic heterocycles. The lowest BCUT2D eigenvalue weighted by atomic mass is 10.1. The molecule has 0 bridgehead atoms.